The Balaban J connectivity index is 0.000000420. The van der Waals surface area contributed by atoms with Gasteiger partial charge in [0.25, 0.3) is 11.4 Å². The number of H-pyrrole nitrogens is 2. The molecule has 0 aliphatic rings. The third kappa shape index (κ3) is 13.0. The fourth-order valence-electron chi connectivity index (χ4n) is 1.90. The monoisotopic (exact) mass is 460 g/mol. The Morgan fingerprint density at radius 2 is 0.818 bits per heavy atom. The van der Waals surface area contributed by atoms with Crippen LogP contribution in [0.3, 0.4) is 0 Å². The minimum absolute atomic E-state index is 0. The van der Waals surface area contributed by atoms with Crippen LogP contribution in [0.2, 0.25) is 0 Å². The predicted molar refractivity (Wildman–Crippen MR) is 117 cm³/mol. The van der Waals surface area contributed by atoms with Gasteiger partial charge in [-0.25, -0.2) is 9.97 Å². The predicted octanol–water partition coefficient (Wildman–Crippen LogP) is 1.96. The maximum Gasteiger partial charge on any atom is 2.00 e. The SMILES string of the molecule is O=[N+]([O-])c1ccccc1[O-].O=[N+]([O-])c1ccccc1[O-].[Mg+2].c1cc[nH+]cc1.c1cc[nH+]cc1. The second kappa shape index (κ2) is 17.6. The maximum absolute atomic E-state index is 10.6. The fourth-order valence-corrected chi connectivity index (χ4v) is 1.90. The van der Waals surface area contributed by atoms with Gasteiger partial charge in [-0.1, -0.05) is 48.5 Å². The number of para-hydroxylation sites is 4. The first kappa shape index (κ1) is 28.9. The molecule has 2 aromatic heterocycles. The van der Waals surface area contributed by atoms with Gasteiger partial charge in [0.1, 0.15) is 0 Å². The molecule has 0 radical (unpaired) electrons. The van der Waals surface area contributed by atoms with E-state index in [1.165, 1.54) is 36.4 Å². The molecule has 33 heavy (non-hydrogen) atoms. The number of nitrogens with one attached hydrogen (secondary N) is 2. The molecule has 0 atom stereocenters. The summed E-state index contributed by atoms with van der Waals surface area (Å²) < 4.78 is 0. The number of hydrogen-bond acceptors (Lipinski definition) is 6. The van der Waals surface area contributed by atoms with E-state index in [1.807, 2.05) is 61.2 Å². The molecule has 0 unspecified atom stereocenters. The zero-order valence-corrected chi connectivity index (χ0v) is 18.9. The molecule has 0 fully saturated rings. The van der Waals surface area contributed by atoms with Gasteiger partial charge in [0.15, 0.2) is 24.8 Å². The topological polar surface area (TPSA) is 161 Å². The van der Waals surface area contributed by atoms with Crippen molar-refractivity contribution in [2.45, 2.75) is 0 Å². The van der Waals surface area contributed by atoms with Crippen molar-refractivity contribution in [3.05, 3.63) is 130 Å². The van der Waals surface area contributed by atoms with Crippen molar-refractivity contribution in [3.63, 3.8) is 0 Å². The summed E-state index contributed by atoms with van der Waals surface area (Å²) >= 11 is 0. The molecule has 0 spiro atoms. The first-order valence-corrected chi connectivity index (χ1v) is 9.06. The van der Waals surface area contributed by atoms with E-state index in [0.717, 1.165) is 12.1 Å². The van der Waals surface area contributed by atoms with E-state index in [4.69, 9.17) is 0 Å². The normalized spacial score (nSPS) is 8.48. The van der Waals surface area contributed by atoms with Gasteiger partial charge < -0.3 is 10.2 Å². The molecule has 0 saturated heterocycles. The molecular formula is C22H20MgN4O6+2. The van der Waals surface area contributed by atoms with Crippen LogP contribution in [0.25, 0.3) is 0 Å². The van der Waals surface area contributed by atoms with Crippen LogP contribution in [0.15, 0.2) is 110 Å². The van der Waals surface area contributed by atoms with Crippen LogP contribution in [-0.2, 0) is 0 Å². The molecule has 0 saturated carbocycles. The number of nitrogens with zero attached hydrogens (tertiary/aromatic N) is 2. The Labute approximate surface area is 205 Å². The zero-order valence-electron chi connectivity index (χ0n) is 17.4. The molecule has 0 amide bonds. The van der Waals surface area contributed by atoms with Gasteiger partial charge >= 0.3 is 23.1 Å². The molecule has 0 aliphatic carbocycles. The van der Waals surface area contributed by atoms with E-state index in [0.29, 0.717) is 0 Å². The molecule has 11 heteroatoms. The third-order valence-electron chi connectivity index (χ3n) is 3.34. The Morgan fingerprint density at radius 3 is 0.970 bits per heavy atom. The van der Waals surface area contributed by atoms with E-state index < -0.39 is 21.3 Å². The Bertz CT molecular complexity index is 932. The van der Waals surface area contributed by atoms with Crippen LogP contribution in [0.1, 0.15) is 0 Å². The Hall–Kier alpha value is -4.09. The number of nitro groups is 2. The number of rotatable bonds is 2. The van der Waals surface area contributed by atoms with Gasteiger partial charge in [0.2, 0.25) is 0 Å². The van der Waals surface area contributed by atoms with Crippen molar-refractivity contribution in [1.82, 2.24) is 0 Å². The molecule has 164 valence electrons. The van der Waals surface area contributed by atoms with Crippen molar-refractivity contribution >= 4 is 34.4 Å². The van der Waals surface area contributed by atoms with Gasteiger partial charge in [0.05, 0.1) is 9.85 Å². The minimum Gasteiger partial charge on any atom is -0.868 e. The van der Waals surface area contributed by atoms with E-state index >= 15 is 0 Å². The first-order chi connectivity index (χ1) is 15.4. The largest absolute Gasteiger partial charge is 2.00 e. The molecule has 10 nitrogen and oxygen atoms in total. The van der Waals surface area contributed by atoms with Crippen LogP contribution in [0.4, 0.5) is 11.4 Å². The molecule has 4 aromatic rings. The van der Waals surface area contributed by atoms with Gasteiger partial charge in [-0.05, 0) is 11.5 Å². The second-order valence-electron chi connectivity index (χ2n) is 5.60. The summed E-state index contributed by atoms with van der Waals surface area (Å²) in [5.41, 5.74) is -0.745. The maximum atomic E-state index is 10.6. The van der Waals surface area contributed by atoms with Crippen molar-refractivity contribution < 1.29 is 30.0 Å². The van der Waals surface area contributed by atoms with E-state index in [2.05, 4.69) is 9.97 Å². The smallest absolute Gasteiger partial charge is 0.868 e. The number of hydrogen-bond donors (Lipinski definition) is 0. The van der Waals surface area contributed by atoms with Gasteiger partial charge in [0, 0.05) is 36.4 Å². The molecule has 2 aromatic carbocycles. The number of aromatic amines is 2. The molecule has 2 heterocycles. The third-order valence-corrected chi connectivity index (χ3v) is 3.34. The first-order valence-electron chi connectivity index (χ1n) is 9.06. The Kier molecular flexibility index (Phi) is 15.4. The van der Waals surface area contributed by atoms with Gasteiger partial charge in [-0.15, -0.1) is 0 Å². The van der Waals surface area contributed by atoms with Gasteiger partial charge in [-0.3, -0.25) is 20.2 Å². The van der Waals surface area contributed by atoms with Gasteiger partial charge in [-0.2, -0.15) is 0 Å². The fraction of sp³-hybridized carbons (Fsp3) is 0. The summed E-state index contributed by atoms with van der Waals surface area (Å²) in [7, 11) is 0. The van der Waals surface area contributed by atoms with Crippen LogP contribution in [-0.4, -0.2) is 32.9 Å². The summed E-state index contributed by atoms with van der Waals surface area (Å²) in [6.07, 6.45) is 7.50. The molecular weight excluding hydrogens is 441 g/mol. The van der Waals surface area contributed by atoms with Crippen molar-refractivity contribution in [1.29, 1.82) is 0 Å². The molecule has 0 bridgehead atoms. The van der Waals surface area contributed by atoms with Crippen LogP contribution in [0, 0.1) is 20.2 Å². The summed E-state index contributed by atoms with van der Waals surface area (Å²) in [5, 5.41) is 41.3. The second-order valence-corrected chi connectivity index (χ2v) is 5.60. The van der Waals surface area contributed by atoms with E-state index in [-0.39, 0.29) is 34.4 Å². The minimum atomic E-state index is -0.692. The van der Waals surface area contributed by atoms with Crippen molar-refractivity contribution in [3.8, 4) is 11.5 Å². The van der Waals surface area contributed by atoms with E-state index in [1.54, 1.807) is 0 Å². The van der Waals surface area contributed by atoms with Crippen LogP contribution < -0.4 is 20.2 Å². The zero-order chi connectivity index (χ0) is 23.6. The Morgan fingerprint density at radius 1 is 0.515 bits per heavy atom. The number of benzene rings is 2. The summed E-state index contributed by atoms with van der Waals surface area (Å²) in [6, 6.07) is 22.3. The van der Waals surface area contributed by atoms with Crippen LogP contribution >= 0.6 is 0 Å². The quantitative estimate of drug-likeness (QED) is 0.252. The van der Waals surface area contributed by atoms with Crippen molar-refractivity contribution in [2.24, 2.45) is 0 Å². The summed E-state index contributed by atoms with van der Waals surface area (Å²) in [4.78, 5) is 24.5. The number of pyridine rings is 2. The summed E-state index contributed by atoms with van der Waals surface area (Å²) in [6.45, 7) is 0. The van der Waals surface area contributed by atoms with E-state index in [9.17, 15) is 30.4 Å². The van der Waals surface area contributed by atoms with Crippen LogP contribution in [0.5, 0.6) is 11.5 Å². The number of aromatic nitrogens is 2. The molecule has 4 rings (SSSR count). The standard InChI is InChI=1S/2C6H5NO3.2C5H5N.Mg/c2*8-6-4-2-1-3-5(6)7(9)10;2*1-2-4-6-5-3-1;/h2*1-4,8H;2*1-5H;/q;;;;+2. The van der Waals surface area contributed by atoms with Crippen molar-refractivity contribution in [2.75, 3.05) is 0 Å². The molecule has 2 N–H and O–H groups in total. The molecule has 0 aliphatic heterocycles. The summed E-state index contributed by atoms with van der Waals surface area (Å²) in [5.74, 6) is -1.10. The average Bonchev–Trinajstić information content (AvgIpc) is 2.83. The number of nitro benzene ring substituents is 2. The average molecular weight is 461 g/mol.